The van der Waals surface area contributed by atoms with E-state index >= 15 is 0 Å². The highest BCUT2D eigenvalue weighted by molar-refractivity contribution is 9.10. The van der Waals surface area contributed by atoms with Crippen molar-refractivity contribution in [2.75, 3.05) is 32.8 Å². The van der Waals surface area contributed by atoms with Gasteiger partial charge >= 0.3 is 0 Å². The molecule has 3 rings (SSSR count). The first-order valence-electron chi connectivity index (χ1n) is 6.65. The third-order valence-electron chi connectivity index (χ3n) is 3.28. The number of nitrogens with zero attached hydrogens (tertiary/aromatic N) is 5. The van der Waals surface area contributed by atoms with E-state index in [1.807, 2.05) is 24.3 Å². The van der Waals surface area contributed by atoms with E-state index in [-0.39, 0.29) is 0 Å². The number of aromatic nitrogens is 4. The maximum atomic E-state index is 5.33. The number of hydrogen-bond donors (Lipinski definition) is 0. The van der Waals surface area contributed by atoms with Gasteiger partial charge in [-0.25, -0.2) is 0 Å². The Balaban J connectivity index is 1.60. The normalized spacial score (nSPS) is 16.4. The van der Waals surface area contributed by atoms with Crippen LogP contribution in [0, 0.1) is 0 Å². The monoisotopic (exact) mass is 337 g/mol. The van der Waals surface area contributed by atoms with E-state index in [1.165, 1.54) is 0 Å². The average Bonchev–Trinajstić information content (AvgIpc) is 2.96. The van der Waals surface area contributed by atoms with Crippen LogP contribution in [0.5, 0.6) is 0 Å². The fourth-order valence-corrected chi connectivity index (χ4v) is 2.37. The van der Waals surface area contributed by atoms with Crippen molar-refractivity contribution in [3.8, 4) is 11.4 Å². The van der Waals surface area contributed by atoms with Gasteiger partial charge in [-0.3, -0.25) is 4.90 Å². The predicted molar refractivity (Wildman–Crippen MR) is 78.2 cm³/mol. The Morgan fingerprint density at radius 3 is 2.60 bits per heavy atom. The molecule has 106 valence electrons. The van der Waals surface area contributed by atoms with E-state index in [9.17, 15) is 0 Å². The molecule has 0 spiro atoms. The Morgan fingerprint density at radius 1 is 1.10 bits per heavy atom. The van der Waals surface area contributed by atoms with E-state index in [2.05, 4.69) is 36.2 Å². The third-order valence-corrected chi connectivity index (χ3v) is 3.80. The van der Waals surface area contributed by atoms with Gasteiger partial charge in [-0.2, -0.15) is 4.80 Å². The molecule has 0 N–H and O–H groups in total. The molecule has 1 saturated heterocycles. The van der Waals surface area contributed by atoms with E-state index in [1.54, 1.807) is 4.80 Å². The molecule has 2 aromatic rings. The zero-order chi connectivity index (χ0) is 13.8. The summed E-state index contributed by atoms with van der Waals surface area (Å²) < 4.78 is 6.37. The van der Waals surface area contributed by atoms with Crippen molar-refractivity contribution < 1.29 is 4.74 Å². The lowest BCUT2D eigenvalue weighted by Gasteiger charge is -2.25. The number of hydrogen-bond acceptors (Lipinski definition) is 5. The van der Waals surface area contributed by atoms with Crippen LogP contribution in [0.15, 0.2) is 28.7 Å². The minimum atomic E-state index is 0.666. The van der Waals surface area contributed by atoms with Crippen molar-refractivity contribution in [1.82, 2.24) is 25.1 Å². The van der Waals surface area contributed by atoms with Crippen LogP contribution in [0.25, 0.3) is 11.4 Å². The summed E-state index contributed by atoms with van der Waals surface area (Å²) in [4.78, 5) is 4.01. The van der Waals surface area contributed by atoms with E-state index in [0.717, 1.165) is 49.4 Å². The zero-order valence-corrected chi connectivity index (χ0v) is 12.7. The summed E-state index contributed by atoms with van der Waals surface area (Å²) in [7, 11) is 0. The molecule has 2 heterocycles. The molecule has 1 aromatic heterocycles. The van der Waals surface area contributed by atoms with E-state index in [4.69, 9.17) is 4.74 Å². The van der Waals surface area contributed by atoms with Crippen molar-refractivity contribution in [2.24, 2.45) is 0 Å². The molecule has 20 heavy (non-hydrogen) atoms. The van der Waals surface area contributed by atoms with Gasteiger partial charge in [-0.1, -0.05) is 15.9 Å². The molecule has 0 atom stereocenters. The summed E-state index contributed by atoms with van der Waals surface area (Å²) in [5.41, 5.74) is 0.978. The van der Waals surface area contributed by atoms with Gasteiger partial charge in [0.15, 0.2) is 0 Å². The van der Waals surface area contributed by atoms with Crippen molar-refractivity contribution in [3.63, 3.8) is 0 Å². The molecule has 1 aliphatic rings. The summed E-state index contributed by atoms with van der Waals surface area (Å²) in [6.45, 7) is 5.27. The molecule has 0 bridgehead atoms. The second-order valence-corrected chi connectivity index (χ2v) is 5.59. The summed E-state index contributed by atoms with van der Waals surface area (Å²) in [5, 5.41) is 12.6. The maximum Gasteiger partial charge on any atom is 0.204 e. The van der Waals surface area contributed by atoms with Gasteiger partial charge in [0.1, 0.15) is 0 Å². The van der Waals surface area contributed by atoms with Gasteiger partial charge in [0.25, 0.3) is 0 Å². The fourth-order valence-electron chi connectivity index (χ4n) is 2.11. The van der Waals surface area contributed by atoms with Gasteiger partial charge < -0.3 is 4.74 Å². The highest BCUT2D eigenvalue weighted by atomic mass is 79.9. The lowest BCUT2D eigenvalue weighted by Crippen LogP contribution is -2.38. The second kappa shape index (κ2) is 6.43. The minimum Gasteiger partial charge on any atom is -0.379 e. The number of tetrazole rings is 1. The highest BCUT2D eigenvalue weighted by Gasteiger charge is 2.11. The van der Waals surface area contributed by atoms with Crippen molar-refractivity contribution >= 4 is 15.9 Å². The second-order valence-electron chi connectivity index (χ2n) is 4.67. The maximum absolute atomic E-state index is 5.33. The van der Waals surface area contributed by atoms with Crippen LogP contribution < -0.4 is 0 Å². The first-order chi connectivity index (χ1) is 9.81. The van der Waals surface area contributed by atoms with Crippen LogP contribution >= 0.6 is 15.9 Å². The minimum absolute atomic E-state index is 0.666. The van der Waals surface area contributed by atoms with Gasteiger partial charge in [-0.05, 0) is 29.5 Å². The van der Waals surface area contributed by atoms with Gasteiger partial charge in [-0.15, -0.1) is 10.2 Å². The number of rotatable bonds is 4. The topological polar surface area (TPSA) is 56.1 Å². The SMILES string of the molecule is Brc1ccc(-c2nnn(CCN3CCOCC3)n2)cc1. The van der Waals surface area contributed by atoms with Crippen LogP contribution in [0.2, 0.25) is 0 Å². The van der Waals surface area contributed by atoms with Crippen LogP contribution in [0.4, 0.5) is 0 Å². The summed E-state index contributed by atoms with van der Waals surface area (Å²) in [6.07, 6.45) is 0. The molecule has 1 aliphatic heterocycles. The number of benzene rings is 1. The summed E-state index contributed by atoms with van der Waals surface area (Å²) in [6, 6.07) is 7.91. The molecule has 0 aliphatic carbocycles. The van der Waals surface area contributed by atoms with Gasteiger partial charge in [0.05, 0.1) is 19.8 Å². The molecular weight excluding hydrogens is 322 g/mol. The molecular formula is C13H16BrN5O. The van der Waals surface area contributed by atoms with Gasteiger partial charge in [0.2, 0.25) is 5.82 Å². The Morgan fingerprint density at radius 2 is 1.85 bits per heavy atom. The Bertz CT molecular complexity index is 550. The Kier molecular flexibility index (Phi) is 4.39. The van der Waals surface area contributed by atoms with Crippen LogP contribution in [-0.4, -0.2) is 58.0 Å². The Hall–Kier alpha value is -1.31. The molecule has 1 fully saturated rings. The quantitative estimate of drug-likeness (QED) is 0.844. The van der Waals surface area contributed by atoms with E-state index in [0.29, 0.717) is 5.82 Å². The lowest BCUT2D eigenvalue weighted by molar-refractivity contribution is 0.0354. The first-order valence-corrected chi connectivity index (χ1v) is 7.44. The number of ether oxygens (including phenoxy) is 1. The van der Waals surface area contributed by atoms with Crippen molar-refractivity contribution in [3.05, 3.63) is 28.7 Å². The van der Waals surface area contributed by atoms with Gasteiger partial charge in [0, 0.05) is 29.7 Å². The van der Waals surface area contributed by atoms with Crippen molar-refractivity contribution in [2.45, 2.75) is 6.54 Å². The highest BCUT2D eigenvalue weighted by Crippen LogP contribution is 2.17. The lowest BCUT2D eigenvalue weighted by atomic mass is 10.2. The zero-order valence-electron chi connectivity index (χ0n) is 11.1. The first kappa shape index (κ1) is 13.7. The average molecular weight is 338 g/mol. The Labute approximate surface area is 125 Å². The largest absolute Gasteiger partial charge is 0.379 e. The molecule has 0 radical (unpaired) electrons. The predicted octanol–water partition coefficient (Wildman–Crippen LogP) is 1.43. The van der Waals surface area contributed by atoms with Crippen LogP contribution in [0.1, 0.15) is 0 Å². The molecule has 7 heteroatoms. The fraction of sp³-hybridized carbons (Fsp3) is 0.462. The number of halogens is 1. The summed E-state index contributed by atoms with van der Waals surface area (Å²) >= 11 is 3.41. The van der Waals surface area contributed by atoms with Crippen LogP contribution in [-0.2, 0) is 11.3 Å². The van der Waals surface area contributed by atoms with Crippen LogP contribution in [0.3, 0.4) is 0 Å². The summed E-state index contributed by atoms with van der Waals surface area (Å²) in [5.74, 6) is 0.666. The standard InChI is InChI=1S/C13H16BrN5O/c14-12-3-1-11(2-4-12)13-15-17-19(16-13)6-5-18-7-9-20-10-8-18/h1-4H,5-10H2. The smallest absolute Gasteiger partial charge is 0.204 e. The number of morpholine rings is 1. The molecule has 0 unspecified atom stereocenters. The molecule has 0 saturated carbocycles. The molecule has 1 aromatic carbocycles. The molecule has 0 amide bonds. The van der Waals surface area contributed by atoms with Crippen molar-refractivity contribution in [1.29, 1.82) is 0 Å². The van der Waals surface area contributed by atoms with E-state index < -0.39 is 0 Å². The third kappa shape index (κ3) is 3.41. The molecule has 6 nitrogen and oxygen atoms in total.